The van der Waals surface area contributed by atoms with Crippen molar-refractivity contribution in [2.45, 2.75) is 418 Å². The second kappa shape index (κ2) is 71.2. The molecule has 0 fully saturated rings. The Morgan fingerprint density at radius 3 is 0.729 bits per heavy atom. The maximum Gasteiger partial charge on any atom is 0.472 e. The van der Waals surface area contributed by atoms with Crippen LogP contribution in [0.4, 0.5) is 0 Å². The van der Waals surface area contributed by atoms with Crippen LogP contribution in [-0.2, 0) is 65.4 Å². The van der Waals surface area contributed by atoms with Gasteiger partial charge in [0.25, 0.3) is 0 Å². The van der Waals surface area contributed by atoms with Gasteiger partial charge in [-0.25, -0.2) is 9.13 Å². The van der Waals surface area contributed by atoms with E-state index < -0.39 is 97.5 Å². The molecular formula is C77H148O17P2. The van der Waals surface area contributed by atoms with Crippen LogP contribution >= 0.6 is 15.6 Å². The average Bonchev–Trinajstić information content (AvgIpc) is 1.17. The minimum absolute atomic E-state index is 0.104. The zero-order valence-corrected chi connectivity index (χ0v) is 63.9. The number of ether oxygens (including phenoxy) is 4. The molecule has 3 N–H and O–H groups in total. The van der Waals surface area contributed by atoms with Gasteiger partial charge in [0.15, 0.2) is 12.2 Å². The molecular weight excluding hydrogens is 1260 g/mol. The van der Waals surface area contributed by atoms with Gasteiger partial charge in [0.05, 0.1) is 26.4 Å². The van der Waals surface area contributed by atoms with Gasteiger partial charge in [-0.1, -0.05) is 335 Å². The normalized spacial score (nSPS) is 13.9. The number of esters is 4. The number of allylic oxidation sites excluding steroid dienone is 2. The molecule has 19 heteroatoms. The molecule has 0 spiro atoms. The number of unbranched alkanes of at least 4 members (excludes halogenated alkanes) is 49. The van der Waals surface area contributed by atoms with E-state index in [-0.39, 0.29) is 25.7 Å². The SMILES string of the molecule is CCCCCC/C=C\CCCCCCCC(=O)OC[C@H](COP(=O)(O)OC[C@@H](O)COP(=O)(O)OC[C@@H](COC(=O)CCCCCCCCCCCCCCCCC)OC(=O)CCCCCCCCCCCCCCCCC)OC(=O)CCCCCCCCCCCCCCC. The standard InChI is InChI=1S/C77H148O17P2/c1-5-9-13-17-21-25-29-33-35-39-42-46-50-54-58-62-75(80)88-68-73(94-77(82)64-60-56-52-48-44-40-36-34-30-26-22-18-14-10-6-2)70-92-96(85,86)90-66-71(78)65-89-95(83,84)91-69-72(93-76(81)63-59-55-51-47-43-38-32-28-24-20-16-12-8-4)67-87-74(79)61-57-53-49-45-41-37-31-27-23-19-15-11-7-3/h27,31,71-73,78H,5-26,28-30,32-70H2,1-4H3,(H,83,84)(H,85,86)/b31-27-/t71-,72-,73-/m1/s1. The molecule has 2 unspecified atom stereocenters. The number of aliphatic hydroxyl groups excluding tert-OH is 1. The van der Waals surface area contributed by atoms with Gasteiger partial charge in [0.2, 0.25) is 0 Å². The number of rotatable bonds is 77. The van der Waals surface area contributed by atoms with E-state index in [0.29, 0.717) is 25.7 Å². The van der Waals surface area contributed by atoms with Crippen LogP contribution in [0.15, 0.2) is 12.2 Å². The lowest BCUT2D eigenvalue weighted by Gasteiger charge is -2.21. The molecule has 0 saturated carbocycles. The van der Waals surface area contributed by atoms with Crippen LogP contribution in [0, 0.1) is 0 Å². The quantitative estimate of drug-likeness (QED) is 0.0169. The number of phosphoric ester groups is 2. The summed E-state index contributed by atoms with van der Waals surface area (Å²) in [7, 11) is -9.92. The smallest absolute Gasteiger partial charge is 0.462 e. The van der Waals surface area contributed by atoms with Gasteiger partial charge in [0.1, 0.15) is 19.3 Å². The highest BCUT2D eigenvalue weighted by Crippen LogP contribution is 2.45. The third-order valence-electron chi connectivity index (χ3n) is 17.8. The zero-order chi connectivity index (χ0) is 70.4. The molecule has 0 amide bonds. The Hall–Kier alpha value is -2.20. The van der Waals surface area contributed by atoms with Crippen LogP contribution < -0.4 is 0 Å². The van der Waals surface area contributed by atoms with E-state index in [0.717, 1.165) is 109 Å². The van der Waals surface area contributed by atoms with Gasteiger partial charge in [0, 0.05) is 25.7 Å². The Morgan fingerprint density at radius 1 is 0.281 bits per heavy atom. The molecule has 0 rings (SSSR count). The highest BCUT2D eigenvalue weighted by molar-refractivity contribution is 7.47. The van der Waals surface area contributed by atoms with Crippen molar-refractivity contribution in [2.24, 2.45) is 0 Å². The molecule has 96 heavy (non-hydrogen) atoms. The summed E-state index contributed by atoms with van der Waals surface area (Å²) in [6.07, 6.45) is 63.3. The van der Waals surface area contributed by atoms with Crippen LogP contribution in [0.25, 0.3) is 0 Å². The molecule has 5 atom stereocenters. The summed E-state index contributed by atoms with van der Waals surface area (Å²) >= 11 is 0. The molecule has 0 saturated heterocycles. The second-order valence-electron chi connectivity index (χ2n) is 27.4. The Labute approximate surface area is 587 Å². The molecule has 0 heterocycles. The largest absolute Gasteiger partial charge is 0.472 e. The maximum absolute atomic E-state index is 13.1. The third kappa shape index (κ3) is 70.2. The molecule has 0 aromatic heterocycles. The summed E-state index contributed by atoms with van der Waals surface area (Å²) in [6.45, 7) is 4.97. The van der Waals surface area contributed by atoms with Crippen molar-refractivity contribution in [2.75, 3.05) is 39.6 Å². The van der Waals surface area contributed by atoms with E-state index in [2.05, 4.69) is 39.8 Å². The van der Waals surface area contributed by atoms with Crippen molar-refractivity contribution in [3.05, 3.63) is 12.2 Å². The van der Waals surface area contributed by atoms with E-state index in [1.54, 1.807) is 0 Å². The van der Waals surface area contributed by atoms with E-state index in [4.69, 9.17) is 37.0 Å². The summed E-state index contributed by atoms with van der Waals surface area (Å²) < 4.78 is 68.6. The van der Waals surface area contributed by atoms with E-state index in [9.17, 15) is 43.2 Å². The lowest BCUT2D eigenvalue weighted by molar-refractivity contribution is -0.161. The van der Waals surface area contributed by atoms with Crippen molar-refractivity contribution in [3.8, 4) is 0 Å². The van der Waals surface area contributed by atoms with Crippen molar-refractivity contribution >= 4 is 39.5 Å². The van der Waals surface area contributed by atoms with Crippen molar-refractivity contribution in [3.63, 3.8) is 0 Å². The minimum Gasteiger partial charge on any atom is -0.462 e. The first-order valence-corrected chi connectivity index (χ1v) is 42.9. The van der Waals surface area contributed by atoms with Gasteiger partial charge < -0.3 is 33.8 Å². The zero-order valence-electron chi connectivity index (χ0n) is 62.1. The Bertz CT molecular complexity index is 1870. The fourth-order valence-electron chi connectivity index (χ4n) is 11.6. The fraction of sp³-hybridized carbons (Fsp3) is 0.922. The van der Waals surface area contributed by atoms with Crippen LogP contribution in [-0.4, -0.2) is 96.7 Å². The van der Waals surface area contributed by atoms with Crippen LogP contribution in [0.3, 0.4) is 0 Å². The lowest BCUT2D eigenvalue weighted by Crippen LogP contribution is -2.30. The molecule has 17 nitrogen and oxygen atoms in total. The highest BCUT2D eigenvalue weighted by Gasteiger charge is 2.30. The topological polar surface area (TPSA) is 237 Å². The first kappa shape index (κ1) is 93.8. The predicted molar refractivity (Wildman–Crippen MR) is 391 cm³/mol. The van der Waals surface area contributed by atoms with Crippen LogP contribution in [0.2, 0.25) is 0 Å². The summed E-state index contributed by atoms with van der Waals surface area (Å²) in [5, 5.41) is 10.6. The number of carbonyl (C=O) groups excluding carboxylic acids is 4. The van der Waals surface area contributed by atoms with Crippen molar-refractivity contribution in [1.82, 2.24) is 0 Å². The van der Waals surface area contributed by atoms with Gasteiger partial charge >= 0.3 is 39.5 Å². The molecule has 0 aliphatic carbocycles. The summed E-state index contributed by atoms with van der Waals surface area (Å²) in [5.74, 6) is -2.12. The number of hydrogen-bond acceptors (Lipinski definition) is 15. The number of hydrogen-bond donors (Lipinski definition) is 3. The Kier molecular flexibility index (Phi) is 69.6. The van der Waals surface area contributed by atoms with Gasteiger partial charge in [-0.3, -0.25) is 37.3 Å². The van der Waals surface area contributed by atoms with E-state index >= 15 is 0 Å². The Morgan fingerprint density at radius 2 is 0.479 bits per heavy atom. The van der Waals surface area contributed by atoms with Crippen molar-refractivity contribution < 1.29 is 80.2 Å². The van der Waals surface area contributed by atoms with Gasteiger partial charge in [-0.15, -0.1) is 0 Å². The monoisotopic (exact) mass is 1410 g/mol. The molecule has 0 radical (unpaired) electrons. The summed E-state index contributed by atoms with van der Waals surface area (Å²) in [4.78, 5) is 72.9. The summed E-state index contributed by atoms with van der Waals surface area (Å²) in [5.41, 5.74) is 0. The van der Waals surface area contributed by atoms with Crippen LogP contribution in [0.5, 0.6) is 0 Å². The average molecular weight is 1410 g/mol. The predicted octanol–water partition coefficient (Wildman–Crippen LogP) is 22.8. The van der Waals surface area contributed by atoms with E-state index in [1.165, 1.54) is 212 Å². The molecule has 0 aromatic carbocycles. The molecule has 0 aliphatic rings. The van der Waals surface area contributed by atoms with Gasteiger partial charge in [-0.05, 0) is 51.4 Å². The Balaban J connectivity index is 5.27. The summed E-state index contributed by atoms with van der Waals surface area (Å²) in [6, 6.07) is 0. The third-order valence-corrected chi connectivity index (χ3v) is 19.7. The maximum atomic E-state index is 13.1. The highest BCUT2D eigenvalue weighted by atomic mass is 31.2. The minimum atomic E-state index is -4.96. The van der Waals surface area contributed by atoms with Crippen LogP contribution in [0.1, 0.15) is 400 Å². The second-order valence-corrected chi connectivity index (χ2v) is 30.3. The number of phosphoric acid groups is 2. The number of aliphatic hydroxyl groups is 1. The van der Waals surface area contributed by atoms with E-state index in [1.807, 2.05) is 0 Å². The fourth-order valence-corrected chi connectivity index (χ4v) is 13.2. The van der Waals surface area contributed by atoms with Gasteiger partial charge in [-0.2, -0.15) is 0 Å². The molecule has 0 aliphatic heterocycles. The number of carbonyl (C=O) groups is 4. The first-order valence-electron chi connectivity index (χ1n) is 39.9. The molecule has 0 bridgehead atoms. The lowest BCUT2D eigenvalue weighted by atomic mass is 10.0. The van der Waals surface area contributed by atoms with Crippen molar-refractivity contribution in [1.29, 1.82) is 0 Å². The molecule has 568 valence electrons. The first-order chi connectivity index (χ1) is 46.7. The molecule has 0 aromatic rings.